The van der Waals surface area contributed by atoms with E-state index in [1.807, 2.05) is 24.3 Å². The number of anilines is 1. The number of aromatic nitrogens is 2. The third-order valence-corrected chi connectivity index (χ3v) is 3.03. The van der Waals surface area contributed by atoms with Gasteiger partial charge >= 0.3 is 0 Å². The highest BCUT2D eigenvalue weighted by Gasteiger charge is 2.13. The first-order valence-corrected chi connectivity index (χ1v) is 6.30. The Hall–Kier alpha value is -1.68. The molecule has 1 aromatic heterocycles. The van der Waals surface area contributed by atoms with E-state index in [1.54, 1.807) is 6.20 Å². The van der Waals surface area contributed by atoms with E-state index in [4.69, 9.17) is 5.11 Å². The lowest BCUT2D eigenvalue weighted by Gasteiger charge is -2.21. The average molecular weight is 245 g/mol. The van der Waals surface area contributed by atoms with E-state index in [1.165, 1.54) is 0 Å². The Morgan fingerprint density at radius 1 is 1.22 bits per heavy atom. The summed E-state index contributed by atoms with van der Waals surface area (Å²) >= 11 is 0. The summed E-state index contributed by atoms with van der Waals surface area (Å²) in [5, 5.41) is 12.4. The molecule has 0 aliphatic carbocycles. The molecule has 96 valence electrons. The molecular weight excluding hydrogens is 226 g/mol. The Balaban J connectivity index is 2.20. The summed E-state index contributed by atoms with van der Waals surface area (Å²) in [6, 6.07) is 8.01. The number of benzene rings is 1. The summed E-state index contributed by atoms with van der Waals surface area (Å²) in [5.74, 6) is 1.20. The van der Waals surface area contributed by atoms with Crippen molar-refractivity contribution in [3.63, 3.8) is 0 Å². The van der Waals surface area contributed by atoms with Crippen LogP contribution in [0, 0.1) is 5.92 Å². The smallest absolute Gasteiger partial charge is 0.145 e. The van der Waals surface area contributed by atoms with Gasteiger partial charge in [0.25, 0.3) is 0 Å². The topological polar surface area (TPSA) is 58.0 Å². The maximum absolute atomic E-state index is 9.06. The van der Waals surface area contributed by atoms with Crippen LogP contribution in [0.5, 0.6) is 0 Å². The Morgan fingerprint density at radius 2 is 1.94 bits per heavy atom. The SMILES string of the molecule is CC(C)C(CCO)Nc1cnc2ccccc2n1. The first-order chi connectivity index (χ1) is 8.70. The van der Waals surface area contributed by atoms with Crippen molar-refractivity contribution >= 4 is 16.9 Å². The molecule has 18 heavy (non-hydrogen) atoms. The molecule has 0 aliphatic heterocycles. The van der Waals surface area contributed by atoms with Crippen LogP contribution in [-0.2, 0) is 0 Å². The Morgan fingerprint density at radius 3 is 2.61 bits per heavy atom. The highest BCUT2D eigenvalue weighted by atomic mass is 16.3. The molecule has 1 atom stereocenters. The molecule has 1 heterocycles. The zero-order valence-corrected chi connectivity index (χ0v) is 10.8. The summed E-state index contributed by atoms with van der Waals surface area (Å²) in [5.41, 5.74) is 1.78. The number of para-hydroxylation sites is 2. The average Bonchev–Trinajstić information content (AvgIpc) is 2.38. The predicted molar refractivity (Wildman–Crippen MR) is 73.5 cm³/mol. The molecule has 0 amide bonds. The number of hydrogen-bond acceptors (Lipinski definition) is 4. The number of hydrogen-bond donors (Lipinski definition) is 2. The second kappa shape index (κ2) is 5.78. The molecule has 0 saturated carbocycles. The Kier molecular flexibility index (Phi) is 4.10. The predicted octanol–water partition coefficient (Wildman–Crippen LogP) is 2.45. The van der Waals surface area contributed by atoms with E-state index in [9.17, 15) is 0 Å². The molecule has 4 nitrogen and oxygen atoms in total. The first-order valence-electron chi connectivity index (χ1n) is 6.30. The summed E-state index contributed by atoms with van der Waals surface area (Å²) in [7, 11) is 0. The van der Waals surface area contributed by atoms with E-state index >= 15 is 0 Å². The minimum Gasteiger partial charge on any atom is -0.396 e. The van der Waals surface area contributed by atoms with Crippen LogP contribution in [0.3, 0.4) is 0 Å². The lowest BCUT2D eigenvalue weighted by atomic mass is 10.0. The molecule has 0 fully saturated rings. The van der Waals surface area contributed by atoms with Gasteiger partial charge in [-0.2, -0.15) is 0 Å². The maximum atomic E-state index is 9.06. The van der Waals surface area contributed by atoms with Crippen molar-refractivity contribution in [1.29, 1.82) is 0 Å². The van der Waals surface area contributed by atoms with Crippen LogP contribution in [-0.4, -0.2) is 27.7 Å². The van der Waals surface area contributed by atoms with Gasteiger partial charge in [0.15, 0.2) is 0 Å². The maximum Gasteiger partial charge on any atom is 0.145 e. The van der Waals surface area contributed by atoms with E-state index < -0.39 is 0 Å². The van der Waals surface area contributed by atoms with Crippen LogP contribution in [0.2, 0.25) is 0 Å². The van der Waals surface area contributed by atoms with E-state index in [2.05, 4.69) is 29.1 Å². The van der Waals surface area contributed by atoms with E-state index in [0.29, 0.717) is 12.3 Å². The summed E-state index contributed by atoms with van der Waals surface area (Å²) < 4.78 is 0. The Bertz CT molecular complexity index is 513. The molecule has 2 aromatic rings. The van der Waals surface area contributed by atoms with Crippen LogP contribution in [0.4, 0.5) is 5.82 Å². The van der Waals surface area contributed by atoms with Crippen molar-refractivity contribution in [3.05, 3.63) is 30.5 Å². The number of nitrogens with one attached hydrogen (secondary N) is 1. The van der Waals surface area contributed by atoms with Crippen LogP contribution >= 0.6 is 0 Å². The van der Waals surface area contributed by atoms with Crippen LogP contribution in [0.15, 0.2) is 30.5 Å². The van der Waals surface area contributed by atoms with Gasteiger partial charge in [-0.1, -0.05) is 26.0 Å². The second-order valence-electron chi connectivity index (χ2n) is 4.75. The van der Waals surface area contributed by atoms with Gasteiger partial charge in [-0.25, -0.2) is 4.98 Å². The summed E-state index contributed by atoms with van der Waals surface area (Å²) in [4.78, 5) is 8.89. The molecule has 0 spiro atoms. The van der Waals surface area contributed by atoms with Gasteiger partial charge in [-0.15, -0.1) is 0 Å². The molecule has 2 rings (SSSR count). The molecule has 1 aromatic carbocycles. The fraction of sp³-hybridized carbons (Fsp3) is 0.429. The van der Waals surface area contributed by atoms with Crippen molar-refractivity contribution < 1.29 is 5.11 Å². The molecular formula is C14H19N3O. The number of aliphatic hydroxyl groups excluding tert-OH is 1. The highest BCUT2D eigenvalue weighted by Crippen LogP contribution is 2.15. The lowest BCUT2D eigenvalue weighted by molar-refractivity contribution is 0.267. The van der Waals surface area contributed by atoms with Gasteiger partial charge in [0.2, 0.25) is 0 Å². The Labute approximate surface area is 107 Å². The van der Waals surface area contributed by atoms with Crippen molar-refractivity contribution in [3.8, 4) is 0 Å². The van der Waals surface area contributed by atoms with Crippen LogP contribution < -0.4 is 5.32 Å². The zero-order valence-electron chi connectivity index (χ0n) is 10.8. The van der Waals surface area contributed by atoms with Crippen LogP contribution in [0.25, 0.3) is 11.0 Å². The number of aliphatic hydroxyl groups is 1. The number of fused-ring (bicyclic) bond motifs is 1. The summed E-state index contributed by atoms with van der Waals surface area (Å²) in [6.45, 7) is 4.43. The van der Waals surface area contributed by atoms with Gasteiger partial charge in [0, 0.05) is 12.6 Å². The van der Waals surface area contributed by atoms with Crippen molar-refractivity contribution in [2.75, 3.05) is 11.9 Å². The van der Waals surface area contributed by atoms with Gasteiger partial charge in [-0.3, -0.25) is 4.98 Å². The third kappa shape index (κ3) is 2.96. The van der Waals surface area contributed by atoms with Crippen molar-refractivity contribution in [2.24, 2.45) is 5.92 Å². The molecule has 4 heteroatoms. The lowest BCUT2D eigenvalue weighted by Crippen LogP contribution is -2.27. The fourth-order valence-corrected chi connectivity index (χ4v) is 1.93. The van der Waals surface area contributed by atoms with Crippen molar-refractivity contribution in [2.45, 2.75) is 26.3 Å². The minimum absolute atomic E-state index is 0.177. The molecule has 0 bridgehead atoms. The van der Waals surface area contributed by atoms with E-state index in [-0.39, 0.29) is 12.6 Å². The third-order valence-electron chi connectivity index (χ3n) is 3.03. The normalized spacial score (nSPS) is 12.9. The highest BCUT2D eigenvalue weighted by molar-refractivity contribution is 5.75. The molecule has 1 unspecified atom stereocenters. The minimum atomic E-state index is 0.177. The van der Waals surface area contributed by atoms with E-state index in [0.717, 1.165) is 16.9 Å². The molecule has 0 saturated heterocycles. The second-order valence-corrected chi connectivity index (χ2v) is 4.75. The van der Waals surface area contributed by atoms with Gasteiger partial charge in [0.1, 0.15) is 5.82 Å². The fourth-order valence-electron chi connectivity index (χ4n) is 1.93. The largest absolute Gasteiger partial charge is 0.396 e. The van der Waals surface area contributed by atoms with Gasteiger partial charge in [0.05, 0.1) is 17.2 Å². The van der Waals surface area contributed by atoms with Crippen molar-refractivity contribution in [1.82, 2.24) is 9.97 Å². The number of rotatable bonds is 5. The number of nitrogens with zero attached hydrogens (tertiary/aromatic N) is 2. The molecule has 0 aliphatic rings. The monoisotopic (exact) mass is 245 g/mol. The molecule has 2 N–H and O–H groups in total. The van der Waals surface area contributed by atoms with Gasteiger partial charge in [-0.05, 0) is 24.5 Å². The quantitative estimate of drug-likeness (QED) is 0.849. The zero-order chi connectivity index (χ0) is 13.0. The summed E-state index contributed by atoms with van der Waals surface area (Å²) in [6.07, 6.45) is 2.46. The standard InChI is InChI=1S/C14H19N3O/c1-10(2)11(7-8-18)16-14-9-15-12-5-3-4-6-13(12)17-14/h3-6,9-11,18H,7-8H2,1-2H3,(H,16,17). The first kappa shape index (κ1) is 12.8. The van der Waals surface area contributed by atoms with Gasteiger partial charge < -0.3 is 10.4 Å². The van der Waals surface area contributed by atoms with Crippen LogP contribution in [0.1, 0.15) is 20.3 Å². The molecule has 0 radical (unpaired) electrons.